The Hall–Kier alpha value is -2.55. The molecule has 1 fully saturated rings. The predicted molar refractivity (Wildman–Crippen MR) is 123 cm³/mol. The minimum absolute atomic E-state index is 0.234. The molecule has 0 spiro atoms. The Morgan fingerprint density at radius 2 is 1.91 bits per heavy atom. The maximum Gasteiger partial charge on any atom is 0.251 e. The molecule has 2 N–H and O–H groups in total. The van der Waals surface area contributed by atoms with E-state index >= 15 is 0 Å². The van der Waals surface area contributed by atoms with E-state index in [1.807, 2.05) is 19.9 Å². The zero-order valence-electron chi connectivity index (χ0n) is 18.5. The third-order valence-electron chi connectivity index (χ3n) is 6.19. The van der Waals surface area contributed by atoms with E-state index in [0.29, 0.717) is 17.2 Å². The van der Waals surface area contributed by atoms with Gasteiger partial charge in [0, 0.05) is 24.4 Å². The normalized spacial score (nSPS) is 16.9. The van der Waals surface area contributed by atoms with Crippen molar-refractivity contribution in [2.24, 2.45) is 5.73 Å². The second kappa shape index (κ2) is 9.13. The maximum atomic E-state index is 13.5. The first kappa shape index (κ1) is 22.6. The lowest BCUT2D eigenvalue weighted by molar-refractivity contribution is -0.180. The van der Waals surface area contributed by atoms with Gasteiger partial charge in [-0.05, 0) is 74.1 Å². The standard InChI is InChI=1S/C24H28FN3O3S/c1-24(2,31-22(23(26)29)16-4-7-18(30-3)8-5-16)28-12-10-15(11-13-28)21-19-9-6-17(25)14-20(19)32-27-21/h4-9,14-15,22H,10-13H2,1-3H3,(H2,26,29). The molecule has 6 nitrogen and oxygen atoms in total. The summed E-state index contributed by atoms with van der Waals surface area (Å²) < 4.78 is 30.5. The average molecular weight is 458 g/mol. The van der Waals surface area contributed by atoms with E-state index in [9.17, 15) is 9.18 Å². The summed E-state index contributed by atoms with van der Waals surface area (Å²) in [4.78, 5) is 14.4. The topological polar surface area (TPSA) is 77.7 Å². The van der Waals surface area contributed by atoms with E-state index in [2.05, 4.69) is 9.27 Å². The van der Waals surface area contributed by atoms with E-state index in [-0.39, 0.29) is 5.82 Å². The molecule has 32 heavy (non-hydrogen) atoms. The minimum Gasteiger partial charge on any atom is -0.497 e. The highest BCUT2D eigenvalue weighted by Crippen LogP contribution is 2.37. The van der Waals surface area contributed by atoms with Gasteiger partial charge in [0.1, 0.15) is 17.3 Å². The lowest BCUT2D eigenvalue weighted by atomic mass is 9.90. The molecular weight excluding hydrogens is 429 g/mol. The molecule has 1 aliphatic rings. The van der Waals surface area contributed by atoms with Crippen molar-refractivity contribution < 1.29 is 18.7 Å². The van der Waals surface area contributed by atoms with Crippen LogP contribution in [0.25, 0.3) is 10.1 Å². The van der Waals surface area contributed by atoms with Crippen LogP contribution >= 0.6 is 11.5 Å². The zero-order chi connectivity index (χ0) is 22.9. The van der Waals surface area contributed by atoms with Crippen LogP contribution in [-0.4, -0.2) is 41.1 Å². The summed E-state index contributed by atoms with van der Waals surface area (Å²) in [6, 6.07) is 12.0. The fraction of sp³-hybridized carbons (Fsp3) is 0.417. The van der Waals surface area contributed by atoms with Gasteiger partial charge >= 0.3 is 0 Å². The summed E-state index contributed by atoms with van der Waals surface area (Å²) >= 11 is 1.35. The Morgan fingerprint density at radius 1 is 1.22 bits per heavy atom. The Labute approximate surface area is 191 Å². The van der Waals surface area contributed by atoms with Crippen LogP contribution in [0.5, 0.6) is 5.75 Å². The van der Waals surface area contributed by atoms with Crippen LogP contribution in [0.4, 0.5) is 4.39 Å². The minimum atomic E-state index is -0.856. The van der Waals surface area contributed by atoms with Crippen molar-refractivity contribution in [2.45, 2.75) is 44.4 Å². The number of carbonyl (C=O) groups excluding carboxylic acids is 1. The van der Waals surface area contributed by atoms with E-state index < -0.39 is 17.7 Å². The summed E-state index contributed by atoms with van der Waals surface area (Å²) in [5.41, 5.74) is 6.74. The van der Waals surface area contributed by atoms with Crippen molar-refractivity contribution in [2.75, 3.05) is 20.2 Å². The van der Waals surface area contributed by atoms with E-state index in [4.69, 9.17) is 15.2 Å². The fourth-order valence-corrected chi connectivity index (χ4v) is 5.23. The highest BCUT2D eigenvalue weighted by atomic mass is 32.1. The third-order valence-corrected chi connectivity index (χ3v) is 7.01. The summed E-state index contributed by atoms with van der Waals surface area (Å²) in [7, 11) is 1.59. The molecule has 1 amide bonds. The first-order valence-corrected chi connectivity index (χ1v) is 11.5. The Kier molecular flexibility index (Phi) is 6.46. The van der Waals surface area contributed by atoms with Gasteiger partial charge in [-0.1, -0.05) is 12.1 Å². The summed E-state index contributed by atoms with van der Waals surface area (Å²) in [5, 5.41) is 1.04. The number of hydrogen-bond acceptors (Lipinski definition) is 6. The molecule has 4 rings (SSSR count). The molecular formula is C24H28FN3O3S. The number of halogens is 1. The van der Waals surface area contributed by atoms with Crippen molar-refractivity contribution >= 4 is 27.5 Å². The Balaban J connectivity index is 1.44. The van der Waals surface area contributed by atoms with Gasteiger partial charge in [-0.15, -0.1) is 0 Å². The van der Waals surface area contributed by atoms with Crippen molar-refractivity contribution in [1.82, 2.24) is 9.27 Å². The predicted octanol–water partition coefficient (Wildman–Crippen LogP) is 4.60. The van der Waals surface area contributed by atoms with Gasteiger partial charge in [-0.2, -0.15) is 4.37 Å². The number of nitrogens with zero attached hydrogens (tertiary/aromatic N) is 2. The molecule has 3 aromatic rings. The molecule has 170 valence electrons. The second-order valence-corrected chi connectivity index (χ2v) is 9.39. The Bertz CT molecular complexity index is 1090. The van der Waals surface area contributed by atoms with Gasteiger partial charge in [-0.25, -0.2) is 4.39 Å². The van der Waals surface area contributed by atoms with Gasteiger partial charge < -0.3 is 15.2 Å². The highest BCUT2D eigenvalue weighted by molar-refractivity contribution is 7.13. The molecule has 1 aliphatic heterocycles. The lowest BCUT2D eigenvalue weighted by Gasteiger charge is -2.43. The molecule has 0 saturated carbocycles. The largest absolute Gasteiger partial charge is 0.497 e. The van der Waals surface area contributed by atoms with E-state index in [1.165, 1.54) is 17.6 Å². The van der Waals surface area contributed by atoms with Gasteiger partial charge in [-0.3, -0.25) is 9.69 Å². The number of ether oxygens (including phenoxy) is 2. The van der Waals surface area contributed by atoms with E-state index in [1.54, 1.807) is 37.4 Å². The number of aromatic nitrogens is 1. The average Bonchev–Trinajstić information content (AvgIpc) is 3.20. The van der Waals surface area contributed by atoms with Crippen LogP contribution < -0.4 is 10.5 Å². The van der Waals surface area contributed by atoms with Crippen LogP contribution in [0.3, 0.4) is 0 Å². The van der Waals surface area contributed by atoms with Gasteiger partial charge in [0.2, 0.25) is 0 Å². The monoisotopic (exact) mass is 457 g/mol. The van der Waals surface area contributed by atoms with Crippen LogP contribution in [0.1, 0.15) is 50.0 Å². The molecule has 8 heteroatoms. The summed E-state index contributed by atoms with van der Waals surface area (Å²) in [6.45, 7) is 5.53. The Morgan fingerprint density at radius 3 is 2.53 bits per heavy atom. The van der Waals surface area contributed by atoms with Gasteiger partial charge in [0.15, 0.2) is 6.10 Å². The third kappa shape index (κ3) is 4.62. The first-order chi connectivity index (χ1) is 15.3. The molecule has 1 atom stereocenters. The molecule has 0 bridgehead atoms. The molecule has 0 aliphatic carbocycles. The number of benzene rings is 2. The van der Waals surface area contributed by atoms with Crippen LogP contribution in [0, 0.1) is 5.82 Å². The quantitative estimate of drug-likeness (QED) is 0.561. The van der Waals surface area contributed by atoms with Gasteiger partial charge in [0.05, 0.1) is 17.5 Å². The van der Waals surface area contributed by atoms with Gasteiger partial charge in [0.25, 0.3) is 5.91 Å². The van der Waals surface area contributed by atoms with Crippen LogP contribution in [0.15, 0.2) is 42.5 Å². The molecule has 1 saturated heterocycles. The van der Waals surface area contributed by atoms with Crippen molar-refractivity contribution in [1.29, 1.82) is 0 Å². The molecule has 2 aromatic carbocycles. The summed E-state index contributed by atoms with van der Waals surface area (Å²) in [6.07, 6.45) is 0.963. The van der Waals surface area contributed by atoms with Crippen molar-refractivity contribution in [3.8, 4) is 5.75 Å². The molecule has 1 unspecified atom stereocenters. The number of rotatable bonds is 7. The zero-order valence-corrected chi connectivity index (χ0v) is 19.3. The van der Waals surface area contributed by atoms with E-state index in [0.717, 1.165) is 41.7 Å². The number of primary amides is 1. The number of amides is 1. The number of likely N-dealkylation sites (tertiary alicyclic amines) is 1. The number of methoxy groups -OCH3 is 1. The SMILES string of the molecule is COc1ccc(C(OC(C)(C)N2CCC(c3nsc4cc(F)ccc34)CC2)C(N)=O)cc1. The number of piperidine rings is 1. The maximum absolute atomic E-state index is 13.5. The summed E-state index contributed by atoms with van der Waals surface area (Å²) in [5.74, 6) is 0.256. The van der Waals surface area contributed by atoms with Crippen molar-refractivity contribution in [3.05, 3.63) is 59.5 Å². The number of carbonyl (C=O) groups is 1. The smallest absolute Gasteiger partial charge is 0.251 e. The molecule has 0 radical (unpaired) electrons. The lowest BCUT2D eigenvalue weighted by Crippen LogP contribution is -2.51. The number of nitrogens with two attached hydrogens (primary N) is 1. The molecule has 1 aromatic heterocycles. The molecule has 2 heterocycles. The highest BCUT2D eigenvalue weighted by Gasteiger charge is 2.36. The van der Waals surface area contributed by atoms with Crippen LogP contribution in [0.2, 0.25) is 0 Å². The first-order valence-electron chi connectivity index (χ1n) is 10.7. The second-order valence-electron chi connectivity index (χ2n) is 8.59. The van der Waals surface area contributed by atoms with Crippen LogP contribution in [-0.2, 0) is 9.53 Å². The number of fused-ring (bicyclic) bond motifs is 1. The fourth-order valence-electron chi connectivity index (χ4n) is 4.35. The van der Waals surface area contributed by atoms with Crippen molar-refractivity contribution in [3.63, 3.8) is 0 Å². The number of hydrogen-bond donors (Lipinski definition) is 1.